The molecule has 19 heavy (non-hydrogen) atoms. The van der Waals surface area contributed by atoms with Crippen LogP contribution in [0.15, 0.2) is 18.3 Å². The zero-order valence-electron chi connectivity index (χ0n) is 11.5. The van der Waals surface area contributed by atoms with Gasteiger partial charge < -0.3 is 15.3 Å². The standard InChI is InChI=1S/C14H21N3O2/c1-10(18)12-4-3-7-16-13(12)17-8-5-11(6-9-17)14(19)15-2/h3-4,7,10-11,18H,5-6,8-9H2,1-2H3,(H,15,19)/t10-/m0/s1. The number of piperidine rings is 1. The van der Waals surface area contributed by atoms with Crippen LogP contribution >= 0.6 is 0 Å². The lowest BCUT2D eigenvalue weighted by molar-refractivity contribution is -0.125. The first-order chi connectivity index (χ1) is 9.13. The Kier molecular flexibility index (Phi) is 4.37. The molecule has 5 nitrogen and oxygen atoms in total. The lowest BCUT2D eigenvalue weighted by Crippen LogP contribution is -2.40. The number of aliphatic hydroxyl groups is 1. The minimum atomic E-state index is -0.527. The molecule has 1 aliphatic rings. The Bertz CT molecular complexity index is 440. The first-order valence-corrected chi connectivity index (χ1v) is 6.73. The van der Waals surface area contributed by atoms with Crippen molar-refractivity contribution >= 4 is 11.7 Å². The largest absolute Gasteiger partial charge is 0.389 e. The van der Waals surface area contributed by atoms with Gasteiger partial charge in [-0.2, -0.15) is 0 Å². The normalized spacial score (nSPS) is 18.2. The molecule has 5 heteroatoms. The number of hydrogen-bond acceptors (Lipinski definition) is 4. The quantitative estimate of drug-likeness (QED) is 0.857. The molecular weight excluding hydrogens is 242 g/mol. The number of pyridine rings is 1. The number of hydrogen-bond donors (Lipinski definition) is 2. The molecule has 2 heterocycles. The second-order valence-electron chi connectivity index (χ2n) is 4.97. The highest BCUT2D eigenvalue weighted by atomic mass is 16.3. The van der Waals surface area contributed by atoms with Gasteiger partial charge in [-0.05, 0) is 25.8 Å². The highest BCUT2D eigenvalue weighted by Crippen LogP contribution is 2.27. The zero-order chi connectivity index (χ0) is 13.8. The minimum Gasteiger partial charge on any atom is -0.389 e. The van der Waals surface area contributed by atoms with Gasteiger partial charge in [0.15, 0.2) is 0 Å². The smallest absolute Gasteiger partial charge is 0.222 e. The van der Waals surface area contributed by atoms with Crippen molar-refractivity contribution in [1.82, 2.24) is 10.3 Å². The molecule has 0 aromatic carbocycles. The van der Waals surface area contributed by atoms with Gasteiger partial charge >= 0.3 is 0 Å². The number of carbonyl (C=O) groups excluding carboxylic acids is 1. The van der Waals surface area contributed by atoms with Crippen molar-refractivity contribution in [2.75, 3.05) is 25.0 Å². The van der Waals surface area contributed by atoms with Crippen LogP contribution in [0, 0.1) is 5.92 Å². The average Bonchev–Trinajstić information content (AvgIpc) is 2.46. The fraction of sp³-hybridized carbons (Fsp3) is 0.571. The number of rotatable bonds is 3. The number of aliphatic hydroxyl groups excluding tert-OH is 1. The van der Waals surface area contributed by atoms with Crippen LogP contribution < -0.4 is 10.2 Å². The van der Waals surface area contributed by atoms with Gasteiger partial charge in [-0.25, -0.2) is 4.98 Å². The second kappa shape index (κ2) is 6.02. The van der Waals surface area contributed by atoms with E-state index in [-0.39, 0.29) is 11.8 Å². The Hall–Kier alpha value is -1.62. The number of nitrogens with one attached hydrogen (secondary N) is 1. The van der Waals surface area contributed by atoms with Crippen LogP contribution in [0.5, 0.6) is 0 Å². The Balaban J connectivity index is 2.08. The molecule has 1 aromatic heterocycles. The molecule has 0 saturated carbocycles. The molecule has 1 aliphatic heterocycles. The summed E-state index contributed by atoms with van der Waals surface area (Å²) in [5.74, 6) is 1.06. The summed E-state index contributed by atoms with van der Waals surface area (Å²) in [7, 11) is 1.68. The summed E-state index contributed by atoms with van der Waals surface area (Å²) in [4.78, 5) is 18.1. The van der Waals surface area contributed by atoms with Gasteiger partial charge in [-0.1, -0.05) is 6.07 Å². The van der Waals surface area contributed by atoms with Gasteiger partial charge in [-0.3, -0.25) is 4.79 Å². The number of nitrogens with zero attached hydrogens (tertiary/aromatic N) is 2. The van der Waals surface area contributed by atoms with Gasteiger partial charge in [0.2, 0.25) is 5.91 Å². The van der Waals surface area contributed by atoms with Gasteiger partial charge in [0.1, 0.15) is 5.82 Å². The number of anilines is 1. The molecule has 1 fully saturated rings. The fourth-order valence-corrected chi connectivity index (χ4v) is 2.56. The highest BCUT2D eigenvalue weighted by Gasteiger charge is 2.26. The van der Waals surface area contributed by atoms with E-state index < -0.39 is 6.10 Å². The van der Waals surface area contributed by atoms with E-state index in [1.54, 1.807) is 20.2 Å². The van der Waals surface area contributed by atoms with E-state index in [4.69, 9.17) is 0 Å². The molecule has 1 aromatic rings. The maximum absolute atomic E-state index is 11.6. The topological polar surface area (TPSA) is 65.5 Å². The van der Waals surface area contributed by atoms with Crippen molar-refractivity contribution in [2.24, 2.45) is 5.92 Å². The molecule has 0 spiro atoms. The van der Waals surface area contributed by atoms with Crippen LogP contribution in [0.4, 0.5) is 5.82 Å². The summed E-state index contributed by atoms with van der Waals surface area (Å²) >= 11 is 0. The maximum Gasteiger partial charge on any atom is 0.222 e. The maximum atomic E-state index is 11.6. The molecule has 0 bridgehead atoms. The van der Waals surface area contributed by atoms with Crippen LogP contribution in [-0.4, -0.2) is 36.1 Å². The average molecular weight is 263 g/mol. The number of carbonyl (C=O) groups is 1. The molecule has 104 valence electrons. The summed E-state index contributed by atoms with van der Waals surface area (Å²) in [6, 6.07) is 3.74. The molecule has 0 unspecified atom stereocenters. The molecule has 2 rings (SSSR count). The molecule has 2 N–H and O–H groups in total. The van der Waals surface area contributed by atoms with Crippen molar-refractivity contribution in [2.45, 2.75) is 25.9 Å². The van der Waals surface area contributed by atoms with E-state index in [1.807, 2.05) is 12.1 Å². The Morgan fingerprint density at radius 2 is 2.21 bits per heavy atom. The van der Waals surface area contributed by atoms with E-state index in [0.29, 0.717) is 0 Å². The van der Waals surface area contributed by atoms with Gasteiger partial charge in [0.25, 0.3) is 0 Å². The van der Waals surface area contributed by atoms with E-state index in [1.165, 1.54) is 0 Å². The van der Waals surface area contributed by atoms with Crippen LogP contribution in [-0.2, 0) is 4.79 Å². The second-order valence-corrected chi connectivity index (χ2v) is 4.97. The third-order valence-electron chi connectivity index (χ3n) is 3.68. The predicted octanol–water partition coefficient (Wildman–Crippen LogP) is 1.10. The minimum absolute atomic E-state index is 0.0972. The third-order valence-corrected chi connectivity index (χ3v) is 3.68. The molecule has 1 amide bonds. The molecule has 0 aliphatic carbocycles. The van der Waals surface area contributed by atoms with Crippen molar-refractivity contribution in [3.63, 3.8) is 0 Å². The fourth-order valence-electron chi connectivity index (χ4n) is 2.56. The van der Waals surface area contributed by atoms with E-state index in [9.17, 15) is 9.90 Å². The number of aromatic nitrogens is 1. The summed E-state index contributed by atoms with van der Waals surface area (Å²) < 4.78 is 0. The summed E-state index contributed by atoms with van der Waals surface area (Å²) in [6.45, 7) is 3.35. The van der Waals surface area contributed by atoms with Crippen molar-refractivity contribution in [3.8, 4) is 0 Å². The first-order valence-electron chi connectivity index (χ1n) is 6.73. The molecule has 1 atom stereocenters. The summed E-state index contributed by atoms with van der Waals surface area (Å²) in [6.07, 6.45) is 2.87. The van der Waals surface area contributed by atoms with Crippen LogP contribution in [0.3, 0.4) is 0 Å². The van der Waals surface area contributed by atoms with Gasteiger partial charge in [-0.15, -0.1) is 0 Å². The Morgan fingerprint density at radius 1 is 1.53 bits per heavy atom. The first kappa shape index (κ1) is 13.8. The van der Waals surface area contributed by atoms with E-state index in [0.717, 1.165) is 37.3 Å². The van der Waals surface area contributed by atoms with Crippen molar-refractivity contribution in [1.29, 1.82) is 0 Å². The lowest BCUT2D eigenvalue weighted by atomic mass is 9.95. The van der Waals surface area contributed by atoms with E-state index in [2.05, 4.69) is 15.2 Å². The predicted molar refractivity (Wildman–Crippen MR) is 73.9 cm³/mol. The van der Waals surface area contributed by atoms with Crippen LogP contribution in [0.1, 0.15) is 31.4 Å². The van der Waals surface area contributed by atoms with Crippen LogP contribution in [0.25, 0.3) is 0 Å². The lowest BCUT2D eigenvalue weighted by Gasteiger charge is -2.33. The zero-order valence-corrected chi connectivity index (χ0v) is 11.5. The Labute approximate surface area is 113 Å². The van der Waals surface area contributed by atoms with Crippen molar-refractivity contribution in [3.05, 3.63) is 23.9 Å². The SMILES string of the molecule is CNC(=O)C1CCN(c2ncccc2[C@H](C)O)CC1. The Morgan fingerprint density at radius 3 is 2.79 bits per heavy atom. The monoisotopic (exact) mass is 263 g/mol. The van der Waals surface area contributed by atoms with Gasteiger partial charge in [0, 0.05) is 37.8 Å². The van der Waals surface area contributed by atoms with E-state index >= 15 is 0 Å². The molecular formula is C14H21N3O2. The van der Waals surface area contributed by atoms with Gasteiger partial charge in [0.05, 0.1) is 6.10 Å². The number of amides is 1. The summed E-state index contributed by atoms with van der Waals surface area (Å²) in [5, 5.41) is 12.5. The third kappa shape index (κ3) is 3.04. The molecule has 0 radical (unpaired) electrons. The molecule has 1 saturated heterocycles. The summed E-state index contributed by atoms with van der Waals surface area (Å²) in [5.41, 5.74) is 0.848. The van der Waals surface area contributed by atoms with Crippen molar-refractivity contribution < 1.29 is 9.90 Å². The van der Waals surface area contributed by atoms with Crippen LogP contribution in [0.2, 0.25) is 0 Å². The highest BCUT2D eigenvalue weighted by molar-refractivity contribution is 5.78.